The number of para-hydroxylation sites is 1. The Labute approximate surface area is 164 Å². The third kappa shape index (κ3) is 3.70. The molecule has 1 N–H and O–H groups in total. The average molecular weight is 395 g/mol. The average Bonchev–Trinajstić information content (AvgIpc) is 2.96. The number of aliphatic hydroxyl groups excluding tert-OH is 1. The Morgan fingerprint density at radius 2 is 1.69 bits per heavy atom. The molecule has 148 valence electrons. The molecule has 1 atom stereocenters. The van der Waals surface area contributed by atoms with Gasteiger partial charge >= 0.3 is 0 Å². The number of aliphatic hydroxyl groups is 1. The highest BCUT2D eigenvalue weighted by Gasteiger charge is 2.47. The van der Waals surface area contributed by atoms with Crippen LogP contribution in [0.15, 0.2) is 60.2 Å². The minimum atomic E-state index is -1.45. The summed E-state index contributed by atoms with van der Waals surface area (Å²) < 4.78 is 0. The summed E-state index contributed by atoms with van der Waals surface area (Å²) in [5.41, 5.74) is -0.466. The summed E-state index contributed by atoms with van der Waals surface area (Å²) in [6, 6.07) is 12.1. The standard InChI is InChI=1S/C20H16N2O7/c23-15(24)10-11-21-17(13-8-4-5-9-14(13)22(28)29)16(19(26)20(21)27)18(25)12-6-2-1-3-7-12/h1-9,17,25H,10-11H2,(H,23,24)/p-1/t17-/m0/s1. The fourth-order valence-electron chi connectivity index (χ4n) is 3.28. The van der Waals surface area contributed by atoms with Crippen molar-refractivity contribution in [3.63, 3.8) is 0 Å². The first-order chi connectivity index (χ1) is 13.8. The van der Waals surface area contributed by atoms with Crippen molar-refractivity contribution in [1.29, 1.82) is 0 Å². The zero-order chi connectivity index (χ0) is 21.1. The molecular weight excluding hydrogens is 380 g/mol. The second kappa shape index (κ2) is 7.93. The molecule has 2 aromatic carbocycles. The normalized spacial score (nSPS) is 18.1. The summed E-state index contributed by atoms with van der Waals surface area (Å²) in [6.07, 6.45) is -0.574. The number of likely N-dealkylation sites (tertiary alicyclic amines) is 1. The van der Waals surface area contributed by atoms with Gasteiger partial charge in [-0.05, 0) is 6.07 Å². The van der Waals surface area contributed by atoms with Crippen LogP contribution in [0.5, 0.6) is 0 Å². The van der Waals surface area contributed by atoms with Gasteiger partial charge in [-0.15, -0.1) is 0 Å². The minimum absolute atomic E-state index is 0.00692. The molecule has 1 heterocycles. The highest BCUT2D eigenvalue weighted by atomic mass is 16.6. The number of carbonyl (C=O) groups excluding carboxylic acids is 3. The Bertz CT molecular complexity index is 1030. The van der Waals surface area contributed by atoms with Crippen LogP contribution in [0.3, 0.4) is 0 Å². The molecule has 9 nitrogen and oxygen atoms in total. The predicted octanol–water partition coefficient (Wildman–Crippen LogP) is 1.16. The second-order valence-corrected chi connectivity index (χ2v) is 6.30. The number of ketones is 1. The summed E-state index contributed by atoms with van der Waals surface area (Å²) in [5, 5.41) is 33.1. The molecule has 1 fully saturated rings. The third-order valence-electron chi connectivity index (χ3n) is 4.57. The van der Waals surface area contributed by atoms with Crippen molar-refractivity contribution in [1.82, 2.24) is 4.90 Å². The molecule has 0 spiro atoms. The van der Waals surface area contributed by atoms with Crippen LogP contribution < -0.4 is 5.11 Å². The number of hydrogen-bond donors (Lipinski definition) is 1. The number of nitro benzene ring substituents is 1. The monoisotopic (exact) mass is 395 g/mol. The summed E-state index contributed by atoms with van der Waals surface area (Å²) in [7, 11) is 0. The van der Waals surface area contributed by atoms with E-state index in [0.29, 0.717) is 0 Å². The molecule has 3 rings (SSSR count). The number of carbonyl (C=O) groups is 3. The first kappa shape index (κ1) is 19.7. The van der Waals surface area contributed by atoms with Gasteiger partial charge in [0, 0.05) is 30.6 Å². The van der Waals surface area contributed by atoms with Gasteiger partial charge in [-0.2, -0.15) is 0 Å². The van der Waals surface area contributed by atoms with E-state index in [1.807, 2.05) is 0 Å². The molecule has 1 amide bonds. The number of benzene rings is 2. The molecule has 0 aliphatic carbocycles. The quantitative estimate of drug-likeness (QED) is 0.254. The van der Waals surface area contributed by atoms with E-state index in [9.17, 15) is 34.7 Å². The maximum absolute atomic E-state index is 12.7. The highest BCUT2D eigenvalue weighted by Crippen LogP contribution is 2.42. The number of amides is 1. The number of nitro groups is 1. The van der Waals surface area contributed by atoms with E-state index in [2.05, 4.69) is 0 Å². The molecule has 0 bridgehead atoms. The SMILES string of the molecule is O=C([O-])CCN1C(=O)C(=O)C(=C(O)c2ccccc2)[C@@H]1c1ccccc1[N+](=O)[O-]. The van der Waals surface area contributed by atoms with Gasteiger partial charge in [0.1, 0.15) is 5.76 Å². The molecule has 1 aliphatic heterocycles. The lowest BCUT2D eigenvalue weighted by Gasteiger charge is -2.25. The molecule has 0 radical (unpaired) electrons. The van der Waals surface area contributed by atoms with Gasteiger partial charge in [0.15, 0.2) is 0 Å². The van der Waals surface area contributed by atoms with Gasteiger partial charge in [-0.1, -0.05) is 42.5 Å². The van der Waals surface area contributed by atoms with Crippen molar-refractivity contribution < 1.29 is 29.5 Å². The number of hydrogen-bond acceptors (Lipinski definition) is 7. The van der Waals surface area contributed by atoms with Crippen LogP contribution in [0.25, 0.3) is 5.76 Å². The van der Waals surface area contributed by atoms with Crippen LogP contribution in [0.2, 0.25) is 0 Å². The van der Waals surface area contributed by atoms with Crippen LogP contribution >= 0.6 is 0 Å². The van der Waals surface area contributed by atoms with Gasteiger partial charge in [0.2, 0.25) is 0 Å². The molecule has 1 saturated heterocycles. The summed E-state index contributed by atoms with van der Waals surface area (Å²) in [4.78, 5) is 47.9. The number of nitrogens with zero attached hydrogens (tertiary/aromatic N) is 2. The molecule has 2 aromatic rings. The van der Waals surface area contributed by atoms with Crippen molar-refractivity contribution in [3.8, 4) is 0 Å². The third-order valence-corrected chi connectivity index (χ3v) is 4.57. The Balaban J connectivity index is 2.24. The number of rotatable bonds is 6. The van der Waals surface area contributed by atoms with E-state index >= 15 is 0 Å². The van der Waals surface area contributed by atoms with Crippen LogP contribution in [0.4, 0.5) is 5.69 Å². The lowest BCUT2D eigenvalue weighted by molar-refractivity contribution is -0.385. The maximum atomic E-state index is 12.7. The van der Waals surface area contributed by atoms with E-state index in [4.69, 9.17) is 0 Å². The maximum Gasteiger partial charge on any atom is 0.295 e. The summed E-state index contributed by atoms with van der Waals surface area (Å²) >= 11 is 0. The lowest BCUT2D eigenvalue weighted by atomic mass is 9.94. The predicted molar refractivity (Wildman–Crippen MR) is 98.2 cm³/mol. The first-order valence-electron chi connectivity index (χ1n) is 8.60. The van der Waals surface area contributed by atoms with Gasteiger partial charge in [-0.3, -0.25) is 19.7 Å². The van der Waals surface area contributed by atoms with Gasteiger partial charge in [0.25, 0.3) is 17.4 Å². The molecule has 0 aromatic heterocycles. The molecular formula is C20H15N2O7-. The van der Waals surface area contributed by atoms with E-state index < -0.39 is 47.3 Å². The van der Waals surface area contributed by atoms with Crippen LogP contribution in [0, 0.1) is 10.1 Å². The summed E-state index contributed by atoms with van der Waals surface area (Å²) in [5.74, 6) is -4.04. The lowest BCUT2D eigenvalue weighted by Crippen LogP contribution is -2.35. The van der Waals surface area contributed by atoms with Crippen molar-refractivity contribution in [2.24, 2.45) is 0 Å². The zero-order valence-corrected chi connectivity index (χ0v) is 15.0. The molecule has 1 aliphatic rings. The topological polar surface area (TPSA) is 141 Å². The van der Waals surface area contributed by atoms with Crippen molar-refractivity contribution in [2.45, 2.75) is 12.5 Å². The van der Waals surface area contributed by atoms with Crippen molar-refractivity contribution in [2.75, 3.05) is 6.54 Å². The van der Waals surface area contributed by atoms with Gasteiger partial charge in [-0.25, -0.2) is 0 Å². The van der Waals surface area contributed by atoms with E-state index in [0.717, 1.165) is 4.90 Å². The van der Waals surface area contributed by atoms with Crippen LogP contribution in [-0.4, -0.2) is 39.1 Å². The number of aliphatic carboxylic acids is 1. The molecule has 0 unspecified atom stereocenters. The molecule has 0 saturated carbocycles. The van der Waals surface area contributed by atoms with E-state index in [1.54, 1.807) is 18.2 Å². The van der Waals surface area contributed by atoms with E-state index in [-0.39, 0.29) is 22.4 Å². The van der Waals surface area contributed by atoms with Crippen LogP contribution in [0.1, 0.15) is 23.6 Å². The van der Waals surface area contributed by atoms with E-state index in [1.165, 1.54) is 36.4 Å². The fourth-order valence-corrected chi connectivity index (χ4v) is 3.28. The highest BCUT2D eigenvalue weighted by molar-refractivity contribution is 6.46. The number of Topliss-reactive ketones (excluding diaryl/α,β-unsaturated/α-hetero) is 1. The molecule has 9 heteroatoms. The summed E-state index contributed by atoms with van der Waals surface area (Å²) in [6.45, 7) is -0.408. The Morgan fingerprint density at radius 1 is 1.07 bits per heavy atom. The number of carboxylic acid groups (broad SMARTS) is 1. The van der Waals surface area contributed by atoms with Crippen molar-refractivity contribution in [3.05, 3.63) is 81.4 Å². The smallest absolute Gasteiger partial charge is 0.295 e. The Kier molecular flexibility index (Phi) is 5.40. The minimum Gasteiger partial charge on any atom is -0.550 e. The number of carboxylic acids is 1. The largest absolute Gasteiger partial charge is 0.550 e. The fraction of sp³-hybridized carbons (Fsp3) is 0.150. The zero-order valence-electron chi connectivity index (χ0n) is 15.0. The van der Waals surface area contributed by atoms with Gasteiger partial charge < -0.3 is 19.9 Å². The Hall–Kier alpha value is -4.01. The second-order valence-electron chi connectivity index (χ2n) is 6.30. The van der Waals surface area contributed by atoms with Crippen molar-refractivity contribution >= 4 is 29.1 Å². The van der Waals surface area contributed by atoms with Gasteiger partial charge in [0.05, 0.1) is 22.1 Å². The first-order valence-corrected chi connectivity index (χ1v) is 8.60. The van der Waals surface area contributed by atoms with Crippen LogP contribution in [-0.2, 0) is 14.4 Å². The molecule has 29 heavy (non-hydrogen) atoms. The Morgan fingerprint density at radius 3 is 2.31 bits per heavy atom.